The smallest absolute Gasteiger partial charge is 0.252 e. The molecule has 0 aromatic heterocycles. The van der Waals surface area contributed by atoms with Gasteiger partial charge in [-0.25, -0.2) is 0 Å². The van der Waals surface area contributed by atoms with E-state index in [0.29, 0.717) is 17.3 Å². The zero-order valence-electron chi connectivity index (χ0n) is 15.9. The van der Waals surface area contributed by atoms with Gasteiger partial charge >= 0.3 is 0 Å². The van der Waals surface area contributed by atoms with Gasteiger partial charge in [0.2, 0.25) is 0 Å². The number of benzene rings is 2. The summed E-state index contributed by atoms with van der Waals surface area (Å²) in [7, 11) is 0. The van der Waals surface area contributed by atoms with Gasteiger partial charge in [-0.05, 0) is 42.7 Å². The number of halogens is 1. The van der Waals surface area contributed by atoms with Gasteiger partial charge in [-0.15, -0.1) is 0 Å². The molecule has 1 amide bonds. The molecule has 2 aromatic rings. The summed E-state index contributed by atoms with van der Waals surface area (Å²) in [4.78, 5) is 20.0. The molecule has 0 saturated heterocycles. The number of amides is 1. The van der Waals surface area contributed by atoms with Crippen LogP contribution in [0, 0.1) is 5.92 Å². The standard InChI is InChI=1S/C22H25ClN2O2/c1-4-5-11-25-19-13-16(23)9-10-18(19)21(15-7-6-8-17(26)12-15)24-20(14(2)3)22(25)27/h6-10,12-14,20,26H,4-5,11H2,1-3H3. The van der Waals surface area contributed by atoms with Crippen molar-refractivity contribution in [1.29, 1.82) is 0 Å². The maximum Gasteiger partial charge on any atom is 0.252 e. The second-order valence-electron chi connectivity index (χ2n) is 7.22. The van der Waals surface area contributed by atoms with Crippen LogP contribution >= 0.6 is 11.6 Å². The number of rotatable bonds is 5. The number of phenolic OH excluding ortho intramolecular Hbond substituents is 1. The van der Waals surface area contributed by atoms with Crippen LogP contribution < -0.4 is 4.90 Å². The van der Waals surface area contributed by atoms with Crippen molar-refractivity contribution in [1.82, 2.24) is 0 Å². The van der Waals surface area contributed by atoms with E-state index in [1.165, 1.54) is 0 Å². The van der Waals surface area contributed by atoms with Gasteiger partial charge in [0.25, 0.3) is 5.91 Å². The molecule has 4 nitrogen and oxygen atoms in total. The summed E-state index contributed by atoms with van der Waals surface area (Å²) in [5, 5.41) is 10.5. The number of carbonyl (C=O) groups is 1. The zero-order valence-corrected chi connectivity index (χ0v) is 16.7. The second-order valence-corrected chi connectivity index (χ2v) is 7.66. The minimum absolute atomic E-state index is 0.00267. The van der Waals surface area contributed by atoms with Crippen molar-refractivity contribution in [2.75, 3.05) is 11.4 Å². The van der Waals surface area contributed by atoms with Gasteiger partial charge in [0, 0.05) is 22.7 Å². The van der Waals surface area contributed by atoms with Gasteiger partial charge in [0.1, 0.15) is 11.8 Å². The van der Waals surface area contributed by atoms with Crippen molar-refractivity contribution in [2.24, 2.45) is 10.9 Å². The lowest BCUT2D eigenvalue weighted by molar-refractivity contribution is -0.120. The van der Waals surface area contributed by atoms with Crippen molar-refractivity contribution in [3.8, 4) is 5.75 Å². The molecular formula is C22H25ClN2O2. The molecule has 1 aliphatic heterocycles. The molecule has 0 saturated carbocycles. The Kier molecular flexibility index (Phi) is 5.85. The third kappa shape index (κ3) is 4.01. The van der Waals surface area contributed by atoms with Crippen LogP contribution in [0.15, 0.2) is 47.5 Å². The predicted molar refractivity (Wildman–Crippen MR) is 111 cm³/mol. The van der Waals surface area contributed by atoms with Crippen molar-refractivity contribution in [3.05, 3.63) is 58.6 Å². The average Bonchev–Trinajstić information content (AvgIpc) is 2.74. The molecule has 0 fully saturated rings. The Morgan fingerprint density at radius 2 is 2.00 bits per heavy atom. The summed E-state index contributed by atoms with van der Waals surface area (Å²) in [6.45, 7) is 6.75. The number of unbranched alkanes of at least 4 members (excludes halogenated alkanes) is 1. The van der Waals surface area contributed by atoms with Crippen LogP contribution in [0.25, 0.3) is 0 Å². The van der Waals surface area contributed by atoms with E-state index in [1.807, 2.05) is 43.0 Å². The van der Waals surface area contributed by atoms with Crippen LogP contribution in [0.4, 0.5) is 5.69 Å². The molecule has 142 valence electrons. The monoisotopic (exact) mass is 384 g/mol. The summed E-state index contributed by atoms with van der Waals surface area (Å²) < 4.78 is 0. The fourth-order valence-electron chi connectivity index (χ4n) is 3.33. The van der Waals surface area contributed by atoms with Crippen molar-refractivity contribution in [2.45, 2.75) is 39.7 Å². The first-order valence-corrected chi connectivity index (χ1v) is 9.78. The van der Waals surface area contributed by atoms with E-state index in [4.69, 9.17) is 16.6 Å². The summed E-state index contributed by atoms with van der Waals surface area (Å²) in [6, 6.07) is 12.1. The maximum absolute atomic E-state index is 13.3. The van der Waals surface area contributed by atoms with Crippen LogP contribution in [0.2, 0.25) is 5.02 Å². The largest absolute Gasteiger partial charge is 0.508 e. The minimum atomic E-state index is -0.481. The molecule has 0 aliphatic carbocycles. The highest BCUT2D eigenvalue weighted by molar-refractivity contribution is 6.31. The Hall–Kier alpha value is -2.33. The lowest BCUT2D eigenvalue weighted by atomic mass is 9.99. The molecular weight excluding hydrogens is 360 g/mol. The normalized spacial score (nSPS) is 16.9. The molecule has 0 bridgehead atoms. The van der Waals surface area contributed by atoms with E-state index in [1.54, 1.807) is 18.2 Å². The van der Waals surface area contributed by atoms with Crippen LogP contribution in [0.3, 0.4) is 0 Å². The number of hydrogen-bond acceptors (Lipinski definition) is 3. The number of benzodiazepines with no additional fused rings is 1. The lowest BCUT2D eigenvalue weighted by Crippen LogP contribution is -2.40. The van der Waals surface area contributed by atoms with Gasteiger partial charge in [-0.3, -0.25) is 9.79 Å². The fourth-order valence-corrected chi connectivity index (χ4v) is 3.50. The number of anilines is 1. The predicted octanol–water partition coefficient (Wildman–Crippen LogP) is 5.05. The Bertz CT molecular complexity index is 876. The molecule has 1 unspecified atom stereocenters. The Morgan fingerprint density at radius 1 is 1.22 bits per heavy atom. The highest BCUT2D eigenvalue weighted by atomic mass is 35.5. The van der Waals surface area contributed by atoms with E-state index in [0.717, 1.165) is 29.7 Å². The van der Waals surface area contributed by atoms with Gasteiger partial charge in [0.05, 0.1) is 11.4 Å². The molecule has 3 rings (SSSR count). The summed E-state index contributed by atoms with van der Waals surface area (Å²) in [5.74, 6) is 0.223. The van der Waals surface area contributed by atoms with E-state index < -0.39 is 6.04 Å². The van der Waals surface area contributed by atoms with Gasteiger partial charge in [-0.2, -0.15) is 0 Å². The molecule has 27 heavy (non-hydrogen) atoms. The maximum atomic E-state index is 13.3. The molecule has 0 radical (unpaired) electrons. The molecule has 1 aliphatic rings. The Balaban J connectivity index is 2.24. The third-order valence-electron chi connectivity index (χ3n) is 4.78. The van der Waals surface area contributed by atoms with E-state index in [9.17, 15) is 9.90 Å². The van der Waals surface area contributed by atoms with Crippen molar-refractivity contribution < 1.29 is 9.90 Å². The van der Waals surface area contributed by atoms with E-state index in [-0.39, 0.29) is 17.6 Å². The Morgan fingerprint density at radius 3 is 2.67 bits per heavy atom. The number of fused-ring (bicyclic) bond motifs is 1. The highest BCUT2D eigenvalue weighted by Gasteiger charge is 2.33. The molecule has 2 aromatic carbocycles. The van der Waals surface area contributed by atoms with Crippen LogP contribution in [0.5, 0.6) is 5.75 Å². The lowest BCUT2D eigenvalue weighted by Gasteiger charge is -2.26. The quantitative estimate of drug-likeness (QED) is 0.783. The van der Waals surface area contributed by atoms with Crippen LogP contribution in [-0.4, -0.2) is 29.3 Å². The molecule has 1 atom stereocenters. The molecule has 5 heteroatoms. The van der Waals surface area contributed by atoms with Gasteiger partial charge in [-0.1, -0.05) is 50.9 Å². The van der Waals surface area contributed by atoms with Crippen molar-refractivity contribution in [3.63, 3.8) is 0 Å². The first-order chi connectivity index (χ1) is 12.9. The number of aliphatic imine (C=N–C) groups is 1. The topological polar surface area (TPSA) is 52.9 Å². The second kappa shape index (κ2) is 8.13. The summed E-state index contributed by atoms with van der Waals surface area (Å²) in [6.07, 6.45) is 1.90. The van der Waals surface area contributed by atoms with Crippen LogP contribution in [0.1, 0.15) is 44.7 Å². The van der Waals surface area contributed by atoms with E-state index >= 15 is 0 Å². The SMILES string of the molecule is CCCCN1C(=O)C(C(C)C)N=C(c2cccc(O)c2)c2ccc(Cl)cc21. The zero-order chi connectivity index (χ0) is 19.6. The average molecular weight is 385 g/mol. The van der Waals surface area contributed by atoms with Gasteiger partial charge in [0.15, 0.2) is 0 Å². The molecule has 1 N–H and O–H groups in total. The molecule has 0 spiro atoms. The van der Waals surface area contributed by atoms with Crippen LogP contribution in [-0.2, 0) is 4.79 Å². The summed E-state index contributed by atoms with van der Waals surface area (Å²) in [5.41, 5.74) is 3.14. The number of hydrogen-bond donors (Lipinski definition) is 1. The number of nitrogens with zero attached hydrogens (tertiary/aromatic N) is 2. The highest BCUT2D eigenvalue weighted by Crippen LogP contribution is 2.33. The third-order valence-corrected chi connectivity index (χ3v) is 5.01. The Labute approximate surface area is 165 Å². The minimum Gasteiger partial charge on any atom is -0.508 e. The first-order valence-electron chi connectivity index (χ1n) is 9.41. The van der Waals surface area contributed by atoms with Crippen molar-refractivity contribution >= 4 is 28.9 Å². The fraction of sp³-hybridized carbons (Fsp3) is 0.364. The van der Waals surface area contributed by atoms with Gasteiger partial charge < -0.3 is 10.0 Å². The number of carbonyl (C=O) groups excluding carboxylic acids is 1. The number of aromatic hydroxyl groups is 1. The molecule has 1 heterocycles. The number of phenols is 1. The first kappa shape index (κ1) is 19.4. The summed E-state index contributed by atoms with van der Waals surface area (Å²) >= 11 is 6.28. The van der Waals surface area contributed by atoms with E-state index in [2.05, 4.69) is 6.92 Å².